The van der Waals surface area contributed by atoms with E-state index >= 15 is 0 Å². The van der Waals surface area contributed by atoms with Crippen LogP contribution in [0.4, 0.5) is 5.69 Å². The highest BCUT2D eigenvalue weighted by Crippen LogP contribution is 2.43. The highest BCUT2D eigenvalue weighted by molar-refractivity contribution is 5.88. The van der Waals surface area contributed by atoms with Crippen LogP contribution in [0.1, 0.15) is 24.2 Å². The smallest absolute Gasteiger partial charge is 0.335 e. The molecule has 3 rings (SSSR count). The molecule has 140 valence electrons. The minimum atomic E-state index is -0.959. The van der Waals surface area contributed by atoms with E-state index in [0.29, 0.717) is 18.8 Å². The van der Waals surface area contributed by atoms with Gasteiger partial charge in [-0.25, -0.2) is 4.79 Å². The van der Waals surface area contributed by atoms with Gasteiger partial charge in [0.2, 0.25) is 0 Å². The quantitative estimate of drug-likeness (QED) is 0.776. The summed E-state index contributed by atoms with van der Waals surface area (Å²) in [6, 6.07) is 8.96. The minimum absolute atomic E-state index is 0.0369. The first-order valence-electron chi connectivity index (χ1n) is 8.72. The third-order valence-electron chi connectivity index (χ3n) is 4.95. The summed E-state index contributed by atoms with van der Waals surface area (Å²) in [6.45, 7) is 4.95. The Morgan fingerprint density at radius 1 is 1.26 bits per heavy atom. The van der Waals surface area contributed by atoms with Gasteiger partial charge in [0.15, 0.2) is 0 Å². The molecule has 1 aromatic rings. The average molecular weight is 366 g/mol. The van der Waals surface area contributed by atoms with Gasteiger partial charge in [-0.2, -0.15) is 5.26 Å². The fourth-order valence-corrected chi connectivity index (χ4v) is 3.69. The Labute approximate surface area is 158 Å². The molecule has 0 bridgehead atoms. The number of hydrogen-bond donors (Lipinski definition) is 1. The SMILES string of the molecule is COCCOC1=C(C)C2C(C#N)=CN(c3ccc(C(=O)O)cc3)C2C=C1C. The molecule has 0 fully saturated rings. The van der Waals surface area contributed by atoms with Crippen LogP contribution >= 0.6 is 0 Å². The van der Waals surface area contributed by atoms with E-state index in [4.69, 9.17) is 14.6 Å². The lowest BCUT2D eigenvalue weighted by atomic mass is 9.82. The Kier molecular flexibility index (Phi) is 5.33. The maximum Gasteiger partial charge on any atom is 0.335 e. The number of nitrogens with zero attached hydrogens (tertiary/aromatic N) is 2. The normalized spacial score (nSPS) is 21.3. The summed E-state index contributed by atoms with van der Waals surface area (Å²) in [5.74, 6) is -0.230. The zero-order chi connectivity index (χ0) is 19.6. The second-order valence-electron chi connectivity index (χ2n) is 6.63. The van der Waals surface area contributed by atoms with Crippen molar-refractivity contribution in [3.05, 3.63) is 64.6 Å². The summed E-state index contributed by atoms with van der Waals surface area (Å²) in [5.41, 5.74) is 3.79. The molecule has 0 amide bonds. The van der Waals surface area contributed by atoms with E-state index < -0.39 is 5.97 Å². The van der Waals surface area contributed by atoms with Gasteiger partial charge in [-0.05, 0) is 49.3 Å². The number of benzene rings is 1. The van der Waals surface area contributed by atoms with Crippen LogP contribution in [0.5, 0.6) is 0 Å². The Hall–Kier alpha value is -3.04. The first kappa shape index (κ1) is 18.7. The molecular weight excluding hydrogens is 344 g/mol. The van der Waals surface area contributed by atoms with E-state index in [1.54, 1.807) is 31.4 Å². The van der Waals surface area contributed by atoms with Crippen LogP contribution in [0.2, 0.25) is 0 Å². The third kappa shape index (κ3) is 3.46. The molecule has 1 aliphatic heterocycles. The number of nitriles is 1. The van der Waals surface area contributed by atoms with E-state index in [0.717, 1.165) is 22.6 Å². The summed E-state index contributed by atoms with van der Waals surface area (Å²) in [7, 11) is 1.63. The van der Waals surface area contributed by atoms with Crippen LogP contribution < -0.4 is 4.90 Å². The molecule has 0 aromatic heterocycles. The van der Waals surface area contributed by atoms with Crippen molar-refractivity contribution in [2.75, 3.05) is 25.2 Å². The van der Waals surface area contributed by atoms with Crippen LogP contribution in [0, 0.1) is 17.2 Å². The second-order valence-corrected chi connectivity index (χ2v) is 6.63. The topological polar surface area (TPSA) is 82.8 Å². The van der Waals surface area contributed by atoms with Crippen molar-refractivity contribution in [3.63, 3.8) is 0 Å². The number of aromatic carboxylic acids is 1. The number of carbonyl (C=O) groups is 1. The molecule has 0 radical (unpaired) electrons. The summed E-state index contributed by atoms with van der Waals surface area (Å²) in [4.78, 5) is 13.1. The Morgan fingerprint density at radius 3 is 2.56 bits per heavy atom. The molecule has 27 heavy (non-hydrogen) atoms. The summed E-state index contributed by atoms with van der Waals surface area (Å²) in [5, 5.41) is 18.7. The van der Waals surface area contributed by atoms with Gasteiger partial charge in [0.1, 0.15) is 12.4 Å². The maximum absolute atomic E-state index is 11.1. The third-order valence-corrected chi connectivity index (χ3v) is 4.95. The van der Waals surface area contributed by atoms with E-state index in [2.05, 4.69) is 12.1 Å². The van der Waals surface area contributed by atoms with E-state index in [9.17, 15) is 10.1 Å². The molecule has 2 aliphatic rings. The van der Waals surface area contributed by atoms with Crippen molar-refractivity contribution in [2.24, 2.45) is 5.92 Å². The highest BCUT2D eigenvalue weighted by atomic mass is 16.5. The molecule has 6 heteroatoms. The largest absolute Gasteiger partial charge is 0.491 e. The second kappa shape index (κ2) is 7.68. The number of fused-ring (bicyclic) bond motifs is 1. The van der Waals surface area contributed by atoms with Crippen LogP contribution in [0.15, 0.2) is 59.0 Å². The van der Waals surface area contributed by atoms with Gasteiger partial charge in [-0.1, -0.05) is 6.08 Å². The number of carboxylic acids is 1. The molecular formula is C21H22N2O4. The van der Waals surface area contributed by atoms with Gasteiger partial charge in [0, 0.05) is 24.9 Å². The fourth-order valence-electron chi connectivity index (χ4n) is 3.69. The number of methoxy groups -OCH3 is 1. The Balaban J connectivity index is 1.93. The Morgan fingerprint density at radius 2 is 1.96 bits per heavy atom. The van der Waals surface area contributed by atoms with Crippen LogP contribution in [-0.4, -0.2) is 37.4 Å². The molecule has 0 spiro atoms. The fraction of sp³-hybridized carbons (Fsp3) is 0.333. The van der Waals surface area contributed by atoms with Crippen molar-refractivity contribution in [3.8, 4) is 6.07 Å². The zero-order valence-corrected chi connectivity index (χ0v) is 15.6. The number of carboxylic acid groups (broad SMARTS) is 1. The number of anilines is 1. The molecule has 0 saturated heterocycles. The van der Waals surface area contributed by atoms with E-state index in [1.165, 1.54) is 0 Å². The minimum Gasteiger partial charge on any atom is -0.491 e. The summed E-state index contributed by atoms with van der Waals surface area (Å²) in [6.07, 6.45) is 3.95. The molecule has 0 saturated carbocycles. The highest BCUT2D eigenvalue weighted by Gasteiger charge is 2.40. The molecule has 1 aromatic carbocycles. The van der Waals surface area contributed by atoms with E-state index in [1.807, 2.05) is 24.9 Å². The van der Waals surface area contributed by atoms with Gasteiger partial charge < -0.3 is 19.5 Å². The average Bonchev–Trinajstić information content (AvgIpc) is 3.03. The van der Waals surface area contributed by atoms with Crippen molar-refractivity contribution in [1.29, 1.82) is 5.26 Å². The van der Waals surface area contributed by atoms with Gasteiger partial charge in [0.05, 0.1) is 29.9 Å². The van der Waals surface area contributed by atoms with Crippen molar-refractivity contribution >= 4 is 11.7 Å². The van der Waals surface area contributed by atoms with Gasteiger partial charge in [-0.3, -0.25) is 0 Å². The zero-order valence-electron chi connectivity index (χ0n) is 15.6. The first-order chi connectivity index (χ1) is 13.0. The lowest BCUT2D eigenvalue weighted by Crippen LogP contribution is -2.34. The Bertz CT molecular complexity index is 874. The standard InChI is InChI=1S/C21H22N2O4/c1-13-10-18-19(14(2)20(13)27-9-8-26-3)16(11-22)12-23(18)17-6-4-15(5-7-17)21(24)25/h4-7,10,12,18-19H,8-9H2,1-3H3,(H,24,25). The van der Waals surface area contributed by atoms with Gasteiger partial charge in [0.25, 0.3) is 0 Å². The number of ether oxygens (including phenoxy) is 2. The van der Waals surface area contributed by atoms with Gasteiger partial charge >= 0.3 is 5.97 Å². The molecule has 6 nitrogen and oxygen atoms in total. The summed E-state index contributed by atoms with van der Waals surface area (Å²) < 4.78 is 11.0. The molecule has 1 aliphatic carbocycles. The predicted molar refractivity (Wildman–Crippen MR) is 101 cm³/mol. The maximum atomic E-state index is 11.1. The number of rotatable bonds is 6. The molecule has 2 unspecified atom stereocenters. The lowest BCUT2D eigenvalue weighted by molar-refractivity contribution is 0.0697. The van der Waals surface area contributed by atoms with Gasteiger partial charge in [-0.15, -0.1) is 0 Å². The number of hydrogen-bond acceptors (Lipinski definition) is 5. The number of allylic oxidation sites excluding steroid dienone is 1. The van der Waals surface area contributed by atoms with E-state index in [-0.39, 0.29) is 17.5 Å². The van der Waals surface area contributed by atoms with Crippen LogP contribution in [-0.2, 0) is 9.47 Å². The molecule has 2 atom stereocenters. The van der Waals surface area contributed by atoms with Crippen LogP contribution in [0.3, 0.4) is 0 Å². The van der Waals surface area contributed by atoms with Crippen LogP contribution in [0.25, 0.3) is 0 Å². The molecule has 1 heterocycles. The monoisotopic (exact) mass is 366 g/mol. The first-order valence-corrected chi connectivity index (χ1v) is 8.72. The predicted octanol–water partition coefficient (Wildman–Crippen LogP) is 3.49. The summed E-state index contributed by atoms with van der Waals surface area (Å²) >= 11 is 0. The van der Waals surface area contributed by atoms with Crippen molar-refractivity contribution < 1.29 is 19.4 Å². The van der Waals surface area contributed by atoms with Crippen molar-refractivity contribution in [2.45, 2.75) is 19.9 Å². The molecule has 1 N–H and O–H groups in total. The van der Waals surface area contributed by atoms with Crippen molar-refractivity contribution in [1.82, 2.24) is 0 Å². The lowest BCUT2D eigenvalue weighted by Gasteiger charge is -2.33.